The lowest BCUT2D eigenvalue weighted by atomic mass is 10.3. The highest BCUT2D eigenvalue weighted by Gasteiger charge is 2.29. The van der Waals surface area contributed by atoms with Gasteiger partial charge in [0, 0.05) is 18.5 Å². The molecule has 0 unspecified atom stereocenters. The minimum absolute atomic E-state index is 0.0625. The summed E-state index contributed by atoms with van der Waals surface area (Å²) >= 11 is 2.76. The molecule has 1 heterocycles. The molecule has 1 aromatic rings. The van der Waals surface area contributed by atoms with Crippen molar-refractivity contribution in [1.29, 1.82) is 0 Å². The number of aromatic nitrogens is 1. The van der Waals surface area contributed by atoms with Gasteiger partial charge in [0.15, 0.2) is 4.34 Å². The first-order valence-corrected chi connectivity index (χ1v) is 7.47. The normalized spacial score (nSPS) is 14.5. The van der Waals surface area contributed by atoms with E-state index in [9.17, 15) is 9.59 Å². The molecule has 1 amide bonds. The van der Waals surface area contributed by atoms with E-state index in [2.05, 4.69) is 4.98 Å². The first kappa shape index (κ1) is 13.4. The summed E-state index contributed by atoms with van der Waals surface area (Å²) in [7, 11) is 1.83. The SMILES string of the molecule is CN(C(=O)CSc1nc(CC(=O)O)cs1)C1CC1. The Balaban J connectivity index is 1.80. The Morgan fingerprint density at radius 1 is 1.61 bits per heavy atom. The van der Waals surface area contributed by atoms with Gasteiger partial charge in [-0.3, -0.25) is 9.59 Å². The van der Waals surface area contributed by atoms with Crippen molar-refractivity contribution in [2.24, 2.45) is 0 Å². The third-order valence-electron chi connectivity index (χ3n) is 2.67. The van der Waals surface area contributed by atoms with Crippen molar-refractivity contribution in [3.05, 3.63) is 11.1 Å². The fraction of sp³-hybridized carbons (Fsp3) is 0.545. The summed E-state index contributed by atoms with van der Waals surface area (Å²) in [5.41, 5.74) is 0.554. The minimum atomic E-state index is -0.888. The standard InChI is InChI=1S/C11H14N2O3S2/c1-13(8-2-3-8)9(14)6-18-11-12-7(5-17-11)4-10(15)16/h5,8H,2-4,6H2,1H3,(H,15,16). The molecule has 1 aromatic heterocycles. The highest BCUT2D eigenvalue weighted by atomic mass is 32.2. The molecule has 0 spiro atoms. The van der Waals surface area contributed by atoms with Gasteiger partial charge in [-0.25, -0.2) is 4.98 Å². The van der Waals surface area contributed by atoms with Gasteiger partial charge in [-0.15, -0.1) is 11.3 Å². The van der Waals surface area contributed by atoms with E-state index in [1.165, 1.54) is 23.1 Å². The van der Waals surface area contributed by atoms with E-state index in [1.54, 1.807) is 10.3 Å². The molecule has 1 saturated carbocycles. The molecule has 0 radical (unpaired) electrons. The zero-order valence-electron chi connectivity index (χ0n) is 9.96. The summed E-state index contributed by atoms with van der Waals surface area (Å²) in [6, 6.07) is 0.428. The monoisotopic (exact) mass is 286 g/mol. The smallest absolute Gasteiger partial charge is 0.309 e. The Kier molecular flexibility index (Phi) is 4.23. The average molecular weight is 286 g/mol. The van der Waals surface area contributed by atoms with Gasteiger partial charge in [0.2, 0.25) is 5.91 Å². The maximum Gasteiger partial charge on any atom is 0.309 e. The maximum atomic E-state index is 11.8. The van der Waals surface area contributed by atoms with E-state index in [1.807, 2.05) is 7.05 Å². The van der Waals surface area contributed by atoms with Crippen LogP contribution in [-0.2, 0) is 16.0 Å². The Morgan fingerprint density at radius 2 is 2.33 bits per heavy atom. The predicted molar refractivity (Wildman–Crippen MR) is 70.0 cm³/mol. The summed E-state index contributed by atoms with van der Waals surface area (Å²) in [5.74, 6) is -0.411. The van der Waals surface area contributed by atoms with E-state index in [-0.39, 0.29) is 12.3 Å². The molecule has 1 fully saturated rings. The summed E-state index contributed by atoms with van der Waals surface area (Å²) < 4.78 is 0.754. The van der Waals surface area contributed by atoms with Gasteiger partial charge in [0.25, 0.3) is 0 Å². The molecule has 0 aliphatic heterocycles. The van der Waals surface area contributed by atoms with Gasteiger partial charge in [-0.05, 0) is 12.8 Å². The highest BCUT2D eigenvalue weighted by molar-refractivity contribution is 8.01. The number of carbonyl (C=O) groups excluding carboxylic acids is 1. The van der Waals surface area contributed by atoms with Crippen LogP contribution in [0.2, 0.25) is 0 Å². The summed E-state index contributed by atoms with van der Waals surface area (Å²) in [4.78, 5) is 28.2. The van der Waals surface area contributed by atoms with Crippen molar-refractivity contribution in [2.75, 3.05) is 12.8 Å². The van der Waals surface area contributed by atoms with Crippen LogP contribution in [0.1, 0.15) is 18.5 Å². The second kappa shape index (κ2) is 5.71. The number of rotatable bonds is 6. The van der Waals surface area contributed by atoms with Gasteiger partial charge in [-0.1, -0.05) is 11.8 Å². The molecule has 0 aromatic carbocycles. The third kappa shape index (κ3) is 3.71. The van der Waals surface area contributed by atoms with Crippen molar-refractivity contribution < 1.29 is 14.7 Å². The number of nitrogens with zero attached hydrogens (tertiary/aromatic N) is 2. The van der Waals surface area contributed by atoms with Crippen LogP contribution in [0.3, 0.4) is 0 Å². The van der Waals surface area contributed by atoms with Crippen LogP contribution in [0.5, 0.6) is 0 Å². The number of aliphatic carboxylic acids is 1. The summed E-state index contributed by atoms with van der Waals surface area (Å²) in [6.45, 7) is 0. The molecule has 1 aliphatic rings. The van der Waals surface area contributed by atoms with E-state index in [4.69, 9.17) is 5.11 Å². The first-order chi connectivity index (χ1) is 8.56. The molecule has 5 nitrogen and oxygen atoms in total. The molecule has 1 aliphatic carbocycles. The molecule has 98 valence electrons. The number of thiazole rings is 1. The van der Waals surface area contributed by atoms with Crippen molar-refractivity contribution in [3.8, 4) is 0 Å². The van der Waals surface area contributed by atoms with Crippen LogP contribution in [-0.4, -0.2) is 45.7 Å². The zero-order valence-corrected chi connectivity index (χ0v) is 11.6. The van der Waals surface area contributed by atoms with Gasteiger partial charge in [0.1, 0.15) is 0 Å². The maximum absolute atomic E-state index is 11.8. The van der Waals surface area contributed by atoms with Crippen molar-refractivity contribution in [2.45, 2.75) is 29.6 Å². The van der Waals surface area contributed by atoms with E-state index in [0.29, 0.717) is 17.5 Å². The minimum Gasteiger partial charge on any atom is -0.481 e. The fourth-order valence-corrected chi connectivity index (χ4v) is 3.25. The van der Waals surface area contributed by atoms with Crippen LogP contribution < -0.4 is 0 Å². The number of amides is 1. The van der Waals surface area contributed by atoms with E-state index in [0.717, 1.165) is 17.2 Å². The predicted octanol–water partition coefficient (Wildman–Crippen LogP) is 1.48. The summed E-state index contributed by atoms with van der Waals surface area (Å²) in [6.07, 6.45) is 2.15. The van der Waals surface area contributed by atoms with Crippen LogP contribution >= 0.6 is 23.1 Å². The third-order valence-corrected chi connectivity index (χ3v) is 4.72. The topological polar surface area (TPSA) is 70.5 Å². The number of carboxylic acid groups (broad SMARTS) is 1. The number of hydrogen-bond donors (Lipinski definition) is 1. The number of carbonyl (C=O) groups is 2. The number of carboxylic acids is 1. The van der Waals surface area contributed by atoms with Gasteiger partial charge < -0.3 is 10.0 Å². The Morgan fingerprint density at radius 3 is 2.94 bits per heavy atom. The fourth-order valence-electron chi connectivity index (χ4n) is 1.48. The molecule has 0 saturated heterocycles. The molecule has 18 heavy (non-hydrogen) atoms. The molecule has 0 atom stereocenters. The van der Waals surface area contributed by atoms with Gasteiger partial charge in [0.05, 0.1) is 17.9 Å². The van der Waals surface area contributed by atoms with Crippen LogP contribution in [0, 0.1) is 0 Å². The molecule has 1 N–H and O–H groups in total. The van der Waals surface area contributed by atoms with Gasteiger partial charge >= 0.3 is 5.97 Å². The lowest BCUT2D eigenvalue weighted by Crippen LogP contribution is -2.30. The molecule has 0 bridgehead atoms. The highest BCUT2D eigenvalue weighted by Crippen LogP contribution is 2.27. The van der Waals surface area contributed by atoms with Crippen molar-refractivity contribution in [3.63, 3.8) is 0 Å². The second-order valence-corrected chi connectivity index (χ2v) is 6.28. The molecule has 2 rings (SSSR count). The van der Waals surface area contributed by atoms with E-state index < -0.39 is 5.97 Å². The van der Waals surface area contributed by atoms with Gasteiger partial charge in [-0.2, -0.15) is 0 Å². The van der Waals surface area contributed by atoms with Crippen molar-refractivity contribution in [1.82, 2.24) is 9.88 Å². The zero-order chi connectivity index (χ0) is 13.1. The lowest BCUT2D eigenvalue weighted by Gasteiger charge is -2.15. The van der Waals surface area contributed by atoms with Crippen LogP contribution in [0.4, 0.5) is 0 Å². The molecule has 7 heteroatoms. The van der Waals surface area contributed by atoms with Crippen molar-refractivity contribution >= 4 is 35.0 Å². The summed E-state index contributed by atoms with van der Waals surface area (Å²) in [5, 5.41) is 10.4. The Labute approximate surface area is 113 Å². The lowest BCUT2D eigenvalue weighted by molar-refractivity contribution is -0.136. The Hall–Kier alpha value is -1.08. The van der Waals surface area contributed by atoms with E-state index >= 15 is 0 Å². The average Bonchev–Trinajstić information content (AvgIpc) is 3.07. The van der Waals surface area contributed by atoms with Crippen LogP contribution in [0.25, 0.3) is 0 Å². The first-order valence-electron chi connectivity index (χ1n) is 5.61. The quantitative estimate of drug-likeness (QED) is 0.802. The molecular weight excluding hydrogens is 272 g/mol. The number of thioether (sulfide) groups is 1. The largest absolute Gasteiger partial charge is 0.481 e. The number of hydrogen-bond acceptors (Lipinski definition) is 5. The second-order valence-electron chi connectivity index (χ2n) is 4.20. The molecular formula is C11H14N2O3S2. The van der Waals surface area contributed by atoms with Crippen LogP contribution in [0.15, 0.2) is 9.72 Å². The Bertz CT molecular complexity index is 457.